The predicted octanol–water partition coefficient (Wildman–Crippen LogP) is 4.35. The summed E-state index contributed by atoms with van der Waals surface area (Å²) in [7, 11) is 1.57. The molecule has 0 radical (unpaired) electrons. The highest BCUT2D eigenvalue weighted by atomic mass is 32.1. The van der Waals surface area contributed by atoms with Gasteiger partial charge in [-0.05, 0) is 50.6 Å². The second-order valence-corrected chi connectivity index (χ2v) is 10.2. The number of fused-ring (bicyclic) bond motifs is 2. The third kappa shape index (κ3) is 4.77. The molecule has 3 heterocycles. The van der Waals surface area contributed by atoms with Crippen molar-refractivity contribution in [2.24, 2.45) is 4.99 Å². The number of nitrogens with zero attached hydrogens (tertiary/aromatic N) is 3. The number of rotatable bonds is 9. The number of methoxy groups -OCH3 is 1. The number of allylic oxidation sites excluding steroid dienone is 2. The number of esters is 1. The van der Waals surface area contributed by atoms with E-state index in [2.05, 4.69) is 16.1 Å². The Balaban J connectivity index is 1.74. The third-order valence-electron chi connectivity index (χ3n) is 6.75. The molecule has 0 aliphatic carbocycles. The van der Waals surface area contributed by atoms with Crippen LogP contribution in [-0.2, 0) is 16.1 Å². The summed E-state index contributed by atoms with van der Waals surface area (Å²) in [6, 6.07) is 12.7. The number of aromatic nitrogens is 2. The van der Waals surface area contributed by atoms with Gasteiger partial charge in [0.05, 0.1) is 42.2 Å². The maximum Gasteiger partial charge on any atom is 0.338 e. The van der Waals surface area contributed by atoms with Crippen molar-refractivity contribution in [2.45, 2.75) is 33.4 Å². The third-order valence-corrected chi connectivity index (χ3v) is 7.74. The number of ether oxygens (including phenoxy) is 3. The van der Waals surface area contributed by atoms with E-state index in [1.54, 1.807) is 31.6 Å². The van der Waals surface area contributed by atoms with Crippen LogP contribution in [-0.4, -0.2) is 35.4 Å². The molecule has 0 amide bonds. The average Bonchev–Trinajstić information content (AvgIpc) is 3.45. The normalized spacial score (nSPS) is 15.1. The van der Waals surface area contributed by atoms with Gasteiger partial charge in [-0.15, -0.1) is 6.58 Å². The Morgan fingerprint density at radius 1 is 1.15 bits per heavy atom. The van der Waals surface area contributed by atoms with Crippen molar-refractivity contribution in [1.82, 2.24) is 9.13 Å². The SMILES string of the molecule is C=CCn1cc(/C=c2\sc3n(c2=O)[C@H](c2ccc(OC)c(OCC)c2)C(C(=O)OCC)=C(C)N=3)c2ccccc21. The summed E-state index contributed by atoms with van der Waals surface area (Å²) >= 11 is 1.30. The van der Waals surface area contributed by atoms with E-state index in [1.807, 2.05) is 61.7 Å². The van der Waals surface area contributed by atoms with Gasteiger partial charge in [0.1, 0.15) is 0 Å². The Bertz CT molecular complexity index is 1830. The molecule has 0 bridgehead atoms. The quantitative estimate of drug-likeness (QED) is 0.226. The van der Waals surface area contributed by atoms with E-state index in [9.17, 15) is 9.59 Å². The number of carbonyl (C=O) groups excluding carboxylic acids is 1. The molecule has 0 N–H and O–H groups in total. The first-order chi connectivity index (χ1) is 19.4. The van der Waals surface area contributed by atoms with Crippen LogP contribution in [0.4, 0.5) is 0 Å². The Labute approximate surface area is 235 Å². The maximum absolute atomic E-state index is 14.1. The van der Waals surface area contributed by atoms with Crippen molar-refractivity contribution >= 4 is 34.3 Å². The summed E-state index contributed by atoms with van der Waals surface area (Å²) in [4.78, 5) is 32.5. The van der Waals surface area contributed by atoms with Crippen LogP contribution < -0.4 is 24.4 Å². The summed E-state index contributed by atoms with van der Waals surface area (Å²) in [5, 5.41) is 1.03. The molecule has 8 nitrogen and oxygen atoms in total. The predicted molar refractivity (Wildman–Crippen MR) is 157 cm³/mol. The molecule has 206 valence electrons. The Kier molecular flexibility index (Phi) is 7.75. The first kappa shape index (κ1) is 27.2. The van der Waals surface area contributed by atoms with E-state index < -0.39 is 12.0 Å². The molecule has 2 aromatic heterocycles. The zero-order valence-corrected chi connectivity index (χ0v) is 23.8. The topological polar surface area (TPSA) is 84.0 Å². The van der Waals surface area contributed by atoms with Gasteiger partial charge in [-0.1, -0.05) is 41.7 Å². The van der Waals surface area contributed by atoms with Gasteiger partial charge in [0.15, 0.2) is 16.3 Å². The molecule has 0 unspecified atom stereocenters. The highest BCUT2D eigenvalue weighted by molar-refractivity contribution is 7.07. The Hall–Kier alpha value is -4.37. The Morgan fingerprint density at radius 2 is 1.95 bits per heavy atom. The molecule has 0 saturated heterocycles. The summed E-state index contributed by atoms with van der Waals surface area (Å²) in [6.07, 6.45) is 5.76. The van der Waals surface area contributed by atoms with Crippen LogP contribution in [0.3, 0.4) is 0 Å². The Morgan fingerprint density at radius 3 is 2.67 bits per heavy atom. The van der Waals surface area contributed by atoms with Crippen LogP contribution in [0.25, 0.3) is 17.0 Å². The summed E-state index contributed by atoms with van der Waals surface area (Å²) in [5.41, 5.74) is 3.25. The molecular formula is C31H31N3O5S. The lowest BCUT2D eigenvalue weighted by molar-refractivity contribution is -0.139. The number of carbonyl (C=O) groups is 1. The second-order valence-electron chi connectivity index (χ2n) is 9.19. The lowest BCUT2D eigenvalue weighted by Gasteiger charge is -2.25. The number of para-hydroxylation sites is 1. The molecule has 9 heteroatoms. The zero-order valence-electron chi connectivity index (χ0n) is 23.0. The highest BCUT2D eigenvalue weighted by Gasteiger charge is 2.34. The van der Waals surface area contributed by atoms with Crippen molar-refractivity contribution in [1.29, 1.82) is 0 Å². The lowest BCUT2D eigenvalue weighted by atomic mass is 9.95. The van der Waals surface area contributed by atoms with Gasteiger partial charge in [0.2, 0.25) is 0 Å². The van der Waals surface area contributed by atoms with E-state index in [0.29, 0.717) is 50.8 Å². The van der Waals surface area contributed by atoms with E-state index in [0.717, 1.165) is 16.5 Å². The molecule has 0 spiro atoms. The molecular weight excluding hydrogens is 526 g/mol. The largest absolute Gasteiger partial charge is 0.493 e. The van der Waals surface area contributed by atoms with Crippen molar-refractivity contribution in [3.63, 3.8) is 0 Å². The van der Waals surface area contributed by atoms with Crippen LogP contribution in [0.15, 0.2) is 82.4 Å². The van der Waals surface area contributed by atoms with Crippen molar-refractivity contribution in [3.05, 3.63) is 103 Å². The van der Waals surface area contributed by atoms with E-state index >= 15 is 0 Å². The average molecular weight is 558 g/mol. The van der Waals surface area contributed by atoms with Crippen LogP contribution >= 0.6 is 11.3 Å². The van der Waals surface area contributed by atoms with Crippen molar-refractivity contribution in [2.75, 3.05) is 20.3 Å². The van der Waals surface area contributed by atoms with Crippen LogP contribution in [0, 0.1) is 0 Å². The van der Waals surface area contributed by atoms with Crippen LogP contribution in [0.2, 0.25) is 0 Å². The second kappa shape index (κ2) is 11.4. The zero-order chi connectivity index (χ0) is 28.4. The number of hydrogen-bond acceptors (Lipinski definition) is 7. The van der Waals surface area contributed by atoms with Gasteiger partial charge < -0.3 is 18.8 Å². The van der Waals surface area contributed by atoms with Gasteiger partial charge >= 0.3 is 5.97 Å². The maximum atomic E-state index is 14.1. The summed E-state index contributed by atoms with van der Waals surface area (Å²) in [5.74, 6) is 0.578. The highest BCUT2D eigenvalue weighted by Crippen LogP contribution is 2.36. The van der Waals surface area contributed by atoms with Gasteiger partial charge in [-0.2, -0.15) is 0 Å². The fraction of sp³-hybridized carbons (Fsp3) is 0.258. The minimum absolute atomic E-state index is 0.203. The smallest absolute Gasteiger partial charge is 0.338 e. The minimum atomic E-state index is -0.746. The van der Waals surface area contributed by atoms with Gasteiger partial charge in [-0.3, -0.25) is 9.36 Å². The molecule has 4 aromatic rings. The van der Waals surface area contributed by atoms with Crippen LogP contribution in [0.1, 0.15) is 37.9 Å². The number of thiazole rings is 1. The molecule has 0 saturated carbocycles. The first-order valence-electron chi connectivity index (χ1n) is 13.1. The van der Waals surface area contributed by atoms with E-state index in [1.165, 1.54) is 11.3 Å². The monoisotopic (exact) mass is 557 g/mol. The fourth-order valence-electron chi connectivity index (χ4n) is 5.06. The van der Waals surface area contributed by atoms with Gasteiger partial charge in [-0.25, -0.2) is 9.79 Å². The molecule has 5 rings (SSSR count). The summed E-state index contributed by atoms with van der Waals surface area (Å²) in [6.45, 7) is 10.6. The molecule has 1 aliphatic heterocycles. The lowest BCUT2D eigenvalue weighted by Crippen LogP contribution is -2.40. The molecule has 2 aromatic carbocycles. The standard InChI is InChI=1S/C31H31N3O5S/c1-6-15-33-18-21(22-11-9-10-12-23(22)33)17-26-29(35)34-28(20-13-14-24(37-5)25(16-20)38-7-2)27(30(36)39-8-3)19(4)32-31(34)40-26/h6,9-14,16-18,28H,1,7-8,15H2,2-5H3/b26-17-/t28-/m1/s1. The summed E-state index contributed by atoms with van der Waals surface area (Å²) < 4.78 is 20.9. The fourth-order valence-corrected chi connectivity index (χ4v) is 6.10. The van der Waals surface area contributed by atoms with Crippen molar-refractivity contribution < 1.29 is 19.0 Å². The number of hydrogen-bond donors (Lipinski definition) is 0. The molecule has 1 aliphatic rings. The number of benzene rings is 2. The molecule has 1 atom stereocenters. The van der Waals surface area contributed by atoms with Gasteiger partial charge in [0, 0.05) is 29.2 Å². The van der Waals surface area contributed by atoms with Crippen LogP contribution in [0.5, 0.6) is 11.5 Å². The van der Waals surface area contributed by atoms with Gasteiger partial charge in [0.25, 0.3) is 5.56 Å². The first-order valence-corrected chi connectivity index (χ1v) is 13.9. The van der Waals surface area contributed by atoms with Crippen molar-refractivity contribution in [3.8, 4) is 11.5 Å². The molecule has 40 heavy (non-hydrogen) atoms. The van der Waals surface area contributed by atoms with E-state index in [-0.39, 0.29) is 12.2 Å². The molecule has 0 fully saturated rings. The van der Waals surface area contributed by atoms with E-state index in [4.69, 9.17) is 14.2 Å². The minimum Gasteiger partial charge on any atom is -0.493 e.